The first kappa shape index (κ1) is 15.2. The number of halogens is 2. The molecule has 4 nitrogen and oxygen atoms in total. The van der Waals surface area contributed by atoms with Crippen LogP contribution in [0.1, 0.15) is 17.2 Å². The van der Waals surface area contributed by atoms with Crippen LogP contribution in [0.5, 0.6) is 11.5 Å². The third-order valence-electron chi connectivity index (χ3n) is 3.19. The molecule has 2 aromatic rings. The topological polar surface area (TPSA) is 56.5 Å². The Morgan fingerprint density at radius 1 is 1.00 bits per heavy atom. The van der Waals surface area contributed by atoms with Gasteiger partial charge < -0.3 is 9.47 Å². The molecule has 0 radical (unpaired) electrons. The number of benzene rings is 2. The zero-order chi connectivity index (χ0) is 15.4. The maximum absolute atomic E-state index is 14.1. The Morgan fingerprint density at radius 3 is 2.29 bits per heavy atom. The molecule has 0 spiro atoms. The number of hydrogen-bond acceptors (Lipinski definition) is 4. The smallest absolute Gasteiger partial charge is 0.165 e. The zero-order valence-electron chi connectivity index (χ0n) is 11.7. The van der Waals surface area contributed by atoms with E-state index in [2.05, 4.69) is 5.43 Å². The molecule has 0 aliphatic heterocycles. The molecule has 112 valence electrons. The molecule has 1 atom stereocenters. The summed E-state index contributed by atoms with van der Waals surface area (Å²) in [5, 5.41) is 0. The van der Waals surface area contributed by atoms with Crippen molar-refractivity contribution < 1.29 is 18.3 Å². The lowest BCUT2D eigenvalue weighted by molar-refractivity contribution is 0.385. The molecule has 2 aromatic carbocycles. The fraction of sp³-hybridized carbons (Fsp3) is 0.200. The van der Waals surface area contributed by atoms with Gasteiger partial charge in [0.25, 0.3) is 0 Å². The average molecular weight is 294 g/mol. The van der Waals surface area contributed by atoms with Crippen molar-refractivity contribution in [2.24, 2.45) is 5.84 Å². The highest BCUT2D eigenvalue weighted by atomic mass is 19.1. The highest BCUT2D eigenvalue weighted by molar-refractivity contribution is 5.39. The van der Waals surface area contributed by atoms with E-state index in [1.165, 1.54) is 32.4 Å². The van der Waals surface area contributed by atoms with Gasteiger partial charge in [-0.3, -0.25) is 5.84 Å². The standard InChI is InChI=1S/C15H16F2N2O2/c1-20-10-4-5-11(12(16)8-10)15(19-18)9-3-6-14(21-2)13(17)7-9/h3-8,15,19H,18H2,1-2H3. The highest BCUT2D eigenvalue weighted by Crippen LogP contribution is 2.29. The van der Waals surface area contributed by atoms with E-state index in [4.69, 9.17) is 15.3 Å². The van der Waals surface area contributed by atoms with E-state index in [1.54, 1.807) is 18.2 Å². The molecule has 0 bridgehead atoms. The molecule has 21 heavy (non-hydrogen) atoms. The maximum Gasteiger partial charge on any atom is 0.165 e. The second-order valence-electron chi connectivity index (χ2n) is 4.38. The summed E-state index contributed by atoms with van der Waals surface area (Å²) in [6.07, 6.45) is 0. The van der Waals surface area contributed by atoms with E-state index in [9.17, 15) is 8.78 Å². The largest absolute Gasteiger partial charge is 0.497 e. The molecule has 2 rings (SSSR count). The predicted molar refractivity (Wildman–Crippen MR) is 75.1 cm³/mol. The quantitative estimate of drug-likeness (QED) is 0.657. The minimum atomic E-state index is -0.684. The Balaban J connectivity index is 2.42. The monoisotopic (exact) mass is 294 g/mol. The minimum Gasteiger partial charge on any atom is -0.497 e. The van der Waals surface area contributed by atoms with Crippen LogP contribution in [-0.2, 0) is 0 Å². The Hall–Kier alpha value is -2.18. The van der Waals surface area contributed by atoms with Gasteiger partial charge in [0.2, 0.25) is 0 Å². The lowest BCUT2D eigenvalue weighted by atomic mass is 9.98. The first-order chi connectivity index (χ1) is 10.1. The summed E-state index contributed by atoms with van der Waals surface area (Å²) in [4.78, 5) is 0. The molecule has 0 saturated heterocycles. The molecule has 0 aliphatic rings. The SMILES string of the molecule is COc1ccc(C(NN)c2ccc(OC)c(F)c2)c(F)c1. The summed E-state index contributed by atoms with van der Waals surface area (Å²) in [5.41, 5.74) is 3.27. The molecule has 0 aliphatic carbocycles. The van der Waals surface area contributed by atoms with Gasteiger partial charge >= 0.3 is 0 Å². The van der Waals surface area contributed by atoms with Crippen molar-refractivity contribution in [1.82, 2.24) is 5.43 Å². The summed E-state index contributed by atoms with van der Waals surface area (Å²) < 4.78 is 37.7. The van der Waals surface area contributed by atoms with Crippen LogP contribution in [0.15, 0.2) is 36.4 Å². The Labute approximate surface area is 121 Å². The van der Waals surface area contributed by atoms with Crippen molar-refractivity contribution in [2.45, 2.75) is 6.04 Å². The number of nitrogens with one attached hydrogen (secondary N) is 1. The van der Waals surface area contributed by atoms with Gasteiger partial charge in [-0.05, 0) is 23.8 Å². The molecular weight excluding hydrogens is 278 g/mol. The van der Waals surface area contributed by atoms with Crippen LogP contribution in [-0.4, -0.2) is 14.2 Å². The van der Waals surface area contributed by atoms with Crippen molar-refractivity contribution in [3.05, 3.63) is 59.2 Å². The Kier molecular flexibility index (Phi) is 4.72. The molecule has 0 heterocycles. The first-order valence-electron chi connectivity index (χ1n) is 6.23. The number of hydrazine groups is 1. The van der Waals surface area contributed by atoms with Crippen molar-refractivity contribution in [2.75, 3.05) is 14.2 Å². The van der Waals surface area contributed by atoms with Gasteiger partial charge in [-0.2, -0.15) is 0 Å². The third-order valence-corrected chi connectivity index (χ3v) is 3.19. The number of rotatable bonds is 5. The van der Waals surface area contributed by atoms with Crippen molar-refractivity contribution in [3.63, 3.8) is 0 Å². The summed E-state index contributed by atoms with van der Waals surface area (Å²) in [7, 11) is 2.83. The van der Waals surface area contributed by atoms with E-state index >= 15 is 0 Å². The van der Waals surface area contributed by atoms with Gasteiger partial charge in [-0.15, -0.1) is 0 Å². The van der Waals surface area contributed by atoms with Gasteiger partial charge in [0, 0.05) is 11.6 Å². The van der Waals surface area contributed by atoms with Crippen LogP contribution in [0, 0.1) is 11.6 Å². The number of ether oxygens (including phenoxy) is 2. The Bertz CT molecular complexity index is 635. The van der Waals surface area contributed by atoms with Crippen molar-refractivity contribution >= 4 is 0 Å². The third kappa shape index (κ3) is 3.12. The molecule has 6 heteroatoms. The minimum absolute atomic E-state index is 0.115. The van der Waals surface area contributed by atoms with E-state index in [-0.39, 0.29) is 5.75 Å². The molecule has 1 unspecified atom stereocenters. The lowest BCUT2D eigenvalue weighted by Gasteiger charge is -2.18. The van der Waals surface area contributed by atoms with Crippen molar-refractivity contribution in [1.29, 1.82) is 0 Å². The summed E-state index contributed by atoms with van der Waals surface area (Å²) in [5.74, 6) is 4.98. The molecule has 0 amide bonds. The molecule has 0 saturated carbocycles. The summed E-state index contributed by atoms with van der Waals surface area (Å²) in [6, 6.07) is 8.07. The molecular formula is C15H16F2N2O2. The fourth-order valence-electron chi connectivity index (χ4n) is 2.10. The van der Waals surface area contributed by atoms with Crippen LogP contribution in [0.25, 0.3) is 0 Å². The van der Waals surface area contributed by atoms with Crippen LogP contribution < -0.4 is 20.7 Å². The second kappa shape index (κ2) is 6.51. The van der Waals surface area contributed by atoms with Crippen LogP contribution in [0.3, 0.4) is 0 Å². The number of nitrogens with two attached hydrogens (primary N) is 1. The Morgan fingerprint density at radius 2 is 1.76 bits per heavy atom. The zero-order valence-corrected chi connectivity index (χ0v) is 11.7. The van der Waals surface area contributed by atoms with Crippen LogP contribution in [0.4, 0.5) is 8.78 Å². The predicted octanol–water partition coefficient (Wildman–Crippen LogP) is 2.53. The number of methoxy groups -OCH3 is 2. The molecule has 0 fully saturated rings. The fourth-order valence-corrected chi connectivity index (χ4v) is 2.10. The lowest BCUT2D eigenvalue weighted by Crippen LogP contribution is -2.29. The maximum atomic E-state index is 14.1. The van der Waals surface area contributed by atoms with E-state index < -0.39 is 17.7 Å². The van der Waals surface area contributed by atoms with E-state index in [0.717, 1.165) is 0 Å². The highest BCUT2D eigenvalue weighted by Gasteiger charge is 2.18. The normalized spacial score (nSPS) is 12.0. The van der Waals surface area contributed by atoms with Gasteiger partial charge in [-0.1, -0.05) is 12.1 Å². The molecule has 0 aromatic heterocycles. The van der Waals surface area contributed by atoms with Gasteiger partial charge in [0.05, 0.1) is 20.3 Å². The van der Waals surface area contributed by atoms with Crippen LogP contribution >= 0.6 is 0 Å². The van der Waals surface area contributed by atoms with Gasteiger partial charge in [-0.25, -0.2) is 14.2 Å². The van der Waals surface area contributed by atoms with Gasteiger partial charge in [0.15, 0.2) is 11.6 Å². The second-order valence-corrected chi connectivity index (χ2v) is 4.38. The first-order valence-corrected chi connectivity index (χ1v) is 6.23. The summed E-state index contributed by atoms with van der Waals surface area (Å²) >= 11 is 0. The molecule has 3 N–H and O–H groups in total. The number of hydrogen-bond donors (Lipinski definition) is 2. The van der Waals surface area contributed by atoms with E-state index in [0.29, 0.717) is 16.9 Å². The van der Waals surface area contributed by atoms with E-state index in [1.807, 2.05) is 0 Å². The van der Waals surface area contributed by atoms with Gasteiger partial charge in [0.1, 0.15) is 11.6 Å². The average Bonchev–Trinajstić information content (AvgIpc) is 2.49. The summed E-state index contributed by atoms with van der Waals surface area (Å²) in [6.45, 7) is 0. The van der Waals surface area contributed by atoms with Crippen LogP contribution in [0.2, 0.25) is 0 Å². The van der Waals surface area contributed by atoms with Crippen molar-refractivity contribution in [3.8, 4) is 11.5 Å².